The molecule has 0 bridgehead atoms. The zero-order valence-corrected chi connectivity index (χ0v) is 14.2. The standard InChI is InChI=1S/C15H30N4O4/c1-3-5-6-19-15(22)12(16)11-14(21)18-8-10-23-9-7-17-13(20)4-2/h12H,3-11,16H2,1-2H3,(H,17,20)(H,18,21)(H,19,22). The highest BCUT2D eigenvalue weighted by Gasteiger charge is 2.16. The summed E-state index contributed by atoms with van der Waals surface area (Å²) in [5.41, 5.74) is 5.67. The van der Waals surface area contributed by atoms with Crippen LogP contribution in [0.2, 0.25) is 0 Å². The van der Waals surface area contributed by atoms with Crippen molar-refractivity contribution in [2.45, 2.75) is 45.6 Å². The molecule has 0 fully saturated rings. The van der Waals surface area contributed by atoms with Crippen LogP contribution in [0.4, 0.5) is 0 Å². The van der Waals surface area contributed by atoms with Crippen molar-refractivity contribution < 1.29 is 19.1 Å². The molecule has 3 amide bonds. The molecule has 0 saturated carbocycles. The highest BCUT2D eigenvalue weighted by molar-refractivity contribution is 5.88. The van der Waals surface area contributed by atoms with E-state index >= 15 is 0 Å². The molecule has 0 aromatic carbocycles. The Bertz CT molecular complexity index is 363. The molecule has 0 spiro atoms. The maximum absolute atomic E-state index is 11.6. The second kappa shape index (κ2) is 14.0. The fourth-order valence-corrected chi connectivity index (χ4v) is 1.64. The fraction of sp³-hybridized carbons (Fsp3) is 0.800. The average molecular weight is 330 g/mol. The maximum atomic E-state index is 11.6. The Labute approximate surface area is 137 Å². The number of rotatable bonds is 13. The number of carbonyl (C=O) groups excluding carboxylic acids is 3. The van der Waals surface area contributed by atoms with Crippen LogP contribution in [0.25, 0.3) is 0 Å². The lowest BCUT2D eigenvalue weighted by atomic mass is 10.2. The van der Waals surface area contributed by atoms with Gasteiger partial charge in [0.1, 0.15) is 0 Å². The molecule has 0 heterocycles. The normalized spacial score (nSPS) is 11.6. The van der Waals surface area contributed by atoms with Gasteiger partial charge in [0.25, 0.3) is 0 Å². The lowest BCUT2D eigenvalue weighted by Crippen LogP contribution is -2.44. The molecule has 0 aliphatic heterocycles. The first-order valence-electron chi connectivity index (χ1n) is 8.15. The van der Waals surface area contributed by atoms with Crippen LogP contribution in [-0.2, 0) is 19.1 Å². The minimum absolute atomic E-state index is 0.0203. The second-order valence-electron chi connectivity index (χ2n) is 5.12. The summed E-state index contributed by atoms with van der Waals surface area (Å²) in [6, 6.07) is -0.836. The third-order valence-corrected chi connectivity index (χ3v) is 3.03. The molecule has 5 N–H and O–H groups in total. The summed E-state index contributed by atoms with van der Waals surface area (Å²) in [6.45, 7) is 5.90. The van der Waals surface area contributed by atoms with E-state index in [1.54, 1.807) is 6.92 Å². The molecule has 134 valence electrons. The Balaban J connectivity index is 3.59. The number of nitrogens with two attached hydrogens (primary N) is 1. The van der Waals surface area contributed by atoms with Crippen molar-refractivity contribution >= 4 is 17.7 Å². The number of nitrogens with one attached hydrogen (secondary N) is 3. The van der Waals surface area contributed by atoms with E-state index in [1.165, 1.54) is 0 Å². The van der Waals surface area contributed by atoms with Gasteiger partial charge in [-0.2, -0.15) is 0 Å². The summed E-state index contributed by atoms with van der Waals surface area (Å²) in [4.78, 5) is 34.2. The van der Waals surface area contributed by atoms with E-state index in [4.69, 9.17) is 10.5 Å². The van der Waals surface area contributed by atoms with Gasteiger partial charge in [0.05, 0.1) is 25.7 Å². The van der Waals surface area contributed by atoms with Gasteiger partial charge in [-0.05, 0) is 6.42 Å². The molecule has 0 saturated heterocycles. The van der Waals surface area contributed by atoms with Gasteiger partial charge in [-0.25, -0.2) is 0 Å². The Morgan fingerprint density at radius 3 is 2.13 bits per heavy atom. The molecule has 0 aromatic rings. The third-order valence-electron chi connectivity index (χ3n) is 3.03. The zero-order valence-electron chi connectivity index (χ0n) is 14.2. The summed E-state index contributed by atoms with van der Waals surface area (Å²) in [5, 5.41) is 8.00. The molecular weight excluding hydrogens is 300 g/mol. The molecule has 0 rings (SSSR count). The molecule has 23 heavy (non-hydrogen) atoms. The van der Waals surface area contributed by atoms with E-state index in [9.17, 15) is 14.4 Å². The third kappa shape index (κ3) is 12.5. The summed E-state index contributed by atoms with van der Waals surface area (Å²) in [6.07, 6.45) is 2.27. The van der Waals surface area contributed by atoms with Crippen molar-refractivity contribution in [2.24, 2.45) is 5.73 Å². The van der Waals surface area contributed by atoms with Crippen molar-refractivity contribution in [3.8, 4) is 0 Å². The summed E-state index contributed by atoms with van der Waals surface area (Å²) in [5.74, 6) is -0.615. The zero-order chi connectivity index (χ0) is 17.5. The van der Waals surface area contributed by atoms with E-state index in [1.807, 2.05) is 6.92 Å². The topological polar surface area (TPSA) is 123 Å². The van der Waals surface area contributed by atoms with E-state index < -0.39 is 6.04 Å². The highest BCUT2D eigenvalue weighted by atomic mass is 16.5. The first-order valence-corrected chi connectivity index (χ1v) is 8.15. The van der Waals surface area contributed by atoms with Gasteiger partial charge in [-0.3, -0.25) is 14.4 Å². The summed E-state index contributed by atoms with van der Waals surface area (Å²) < 4.78 is 5.26. The van der Waals surface area contributed by atoms with Crippen LogP contribution in [0.15, 0.2) is 0 Å². The minimum atomic E-state index is -0.836. The van der Waals surface area contributed by atoms with Crippen LogP contribution >= 0.6 is 0 Å². The summed E-state index contributed by atoms with van der Waals surface area (Å²) in [7, 11) is 0. The molecular formula is C15H30N4O4. The number of ether oxygens (including phenoxy) is 1. The number of hydrogen-bond acceptors (Lipinski definition) is 5. The van der Waals surface area contributed by atoms with Gasteiger partial charge in [0, 0.05) is 26.1 Å². The van der Waals surface area contributed by atoms with E-state index in [0.717, 1.165) is 12.8 Å². The smallest absolute Gasteiger partial charge is 0.237 e. The number of hydrogen-bond donors (Lipinski definition) is 4. The highest BCUT2D eigenvalue weighted by Crippen LogP contribution is 1.90. The van der Waals surface area contributed by atoms with Crippen LogP contribution in [0.5, 0.6) is 0 Å². The van der Waals surface area contributed by atoms with Gasteiger partial charge < -0.3 is 26.4 Å². The molecule has 1 unspecified atom stereocenters. The first-order chi connectivity index (χ1) is 11.0. The van der Waals surface area contributed by atoms with Crippen molar-refractivity contribution in [3.63, 3.8) is 0 Å². The Kier molecular flexibility index (Phi) is 12.9. The first kappa shape index (κ1) is 21.3. The van der Waals surface area contributed by atoms with Crippen LogP contribution < -0.4 is 21.7 Å². The maximum Gasteiger partial charge on any atom is 0.237 e. The SMILES string of the molecule is CCCCNC(=O)C(N)CC(=O)NCCOCCNC(=O)CC. The van der Waals surface area contributed by atoms with Crippen molar-refractivity contribution in [1.82, 2.24) is 16.0 Å². The van der Waals surface area contributed by atoms with Gasteiger partial charge in [-0.1, -0.05) is 20.3 Å². The Hall–Kier alpha value is -1.67. The fourth-order valence-electron chi connectivity index (χ4n) is 1.64. The molecule has 8 nitrogen and oxygen atoms in total. The summed E-state index contributed by atoms with van der Waals surface area (Å²) >= 11 is 0. The van der Waals surface area contributed by atoms with Crippen LogP contribution in [-0.4, -0.2) is 56.6 Å². The molecule has 8 heteroatoms. The van der Waals surface area contributed by atoms with Gasteiger partial charge in [0.2, 0.25) is 17.7 Å². The van der Waals surface area contributed by atoms with E-state index in [0.29, 0.717) is 39.3 Å². The van der Waals surface area contributed by atoms with Crippen LogP contribution in [0.3, 0.4) is 0 Å². The monoisotopic (exact) mass is 330 g/mol. The molecule has 0 aliphatic rings. The Morgan fingerprint density at radius 2 is 1.57 bits per heavy atom. The van der Waals surface area contributed by atoms with Crippen LogP contribution in [0.1, 0.15) is 39.5 Å². The van der Waals surface area contributed by atoms with Crippen molar-refractivity contribution in [1.29, 1.82) is 0 Å². The van der Waals surface area contributed by atoms with Gasteiger partial charge >= 0.3 is 0 Å². The molecule has 0 aromatic heterocycles. The number of amides is 3. The van der Waals surface area contributed by atoms with Crippen molar-refractivity contribution in [2.75, 3.05) is 32.8 Å². The molecule has 0 radical (unpaired) electrons. The largest absolute Gasteiger partial charge is 0.378 e. The number of carbonyl (C=O) groups is 3. The van der Waals surface area contributed by atoms with Gasteiger partial charge in [0.15, 0.2) is 0 Å². The predicted molar refractivity (Wildman–Crippen MR) is 87.6 cm³/mol. The van der Waals surface area contributed by atoms with Crippen molar-refractivity contribution in [3.05, 3.63) is 0 Å². The predicted octanol–water partition coefficient (Wildman–Crippen LogP) is -0.721. The second-order valence-corrected chi connectivity index (χ2v) is 5.12. The Morgan fingerprint density at radius 1 is 0.957 bits per heavy atom. The molecule has 0 aliphatic carbocycles. The quantitative estimate of drug-likeness (QED) is 0.332. The molecule has 1 atom stereocenters. The lowest BCUT2D eigenvalue weighted by molar-refractivity contribution is -0.127. The van der Waals surface area contributed by atoms with Gasteiger partial charge in [-0.15, -0.1) is 0 Å². The average Bonchev–Trinajstić information content (AvgIpc) is 2.53. The van der Waals surface area contributed by atoms with E-state index in [-0.39, 0.29) is 24.1 Å². The number of unbranched alkanes of at least 4 members (excludes halogenated alkanes) is 1. The lowest BCUT2D eigenvalue weighted by Gasteiger charge is -2.12. The van der Waals surface area contributed by atoms with E-state index in [2.05, 4.69) is 16.0 Å². The van der Waals surface area contributed by atoms with Crippen LogP contribution in [0, 0.1) is 0 Å². The minimum Gasteiger partial charge on any atom is -0.378 e.